The maximum Gasteiger partial charge on any atom is 0.330 e. The lowest BCUT2D eigenvalue weighted by Gasteiger charge is -2.44. The van der Waals surface area contributed by atoms with Crippen LogP contribution in [0.4, 0.5) is 0 Å². The summed E-state index contributed by atoms with van der Waals surface area (Å²) in [5.74, 6) is -3.06. The van der Waals surface area contributed by atoms with Crippen molar-refractivity contribution in [1.82, 2.24) is 9.55 Å². The minimum atomic E-state index is -1.46. The highest BCUT2D eigenvalue weighted by Gasteiger charge is 2.53. The summed E-state index contributed by atoms with van der Waals surface area (Å²) in [6.45, 7) is 5.39. The molecular formula is C19H24N2O11. The molecule has 0 saturated carbocycles. The molecule has 5 atom stereocenters. The van der Waals surface area contributed by atoms with E-state index in [1.54, 1.807) is 0 Å². The molecular weight excluding hydrogens is 432 g/mol. The van der Waals surface area contributed by atoms with E-state index >= 15 is 0 Å². The molecule has 0 aromatic carbocycles. The number of nitrogens with zero attached hydrogens (tertiary/aromatic N) is 1. The van der Waals surface area contributed by atoms with Gasteiger partial charge in [-0.1, -0.05) is 0 Å². The predicted molar refractivity (Wildman–Crippen MR) is 103 cm³/mol. The second kappa shape index (κ2) is 10.2. The third-order valence-corrected chi connectivity index (χ3v) is 4.39. The Hall–Kier alpha value is -3.48. The number of aromatic amines is 1. The third-order valence-electron chi connectivity index (χ3n) is 4.39. The summed E-state index contributed by atoms with van der Waals surface area (Å²) < 4.78 is 27.6. The number of hydrogen-bond donors (Lipinski definition) is 1. The molecule has 1 N–H and O–H groups in total. The Morgan fingerprint density at radius 1 is 0.906 bits per heavy atom. The summed E-state index contributed by atoms with van der Waals surface area (Å²) in [6, 6.07) is 0. The van der Waals surface area contributed by atoms with E-state index in [1.807, 2.05) is 0 Å². The van der Waals surface area contributed by atoms with Crippen LogP contribution >= 0.6 is 0 Å². The van der Waals surface area contributed by atoms with Crippen molar-refractivity contribution in [3.05, 3.63) is 32.6 Å². The number of H-pyrrole nitrogens is 1. The first-order chi connectivity index (χ1) is 14.9. The average Bonchev–Trinajstić information content (AvgIpc) is 2.65. The molecule has 2 rings (SSSR count). The van der Waals surface area contributed by atoms with Gasteiger partial charge in [-0.05, 0) is 6.92 Å². The van der Waals surface area contributed by atoms with Gasteiger partial charge in [0, 0.05) is 39.5 Å². The van der Waals surface area contributed by atoms with Crippen LogP contribution in [0.15, 0.2) is 15.8 Å². The van der Waals surface area contributed by atoms with Crippen LogP contribution in [0.5, 0.6) is 0 Å². The Morgan fingerprint density at radius 3 is 1.97 bits per heavy atom. The largest absolute Gasteiger partial charge is 0.463 e. The Labute approximate surface area is 181 Å². The van der Waals surface area contributed by atoms with Crippen LogP contribution in [0.2, 0.25) is 0 Å². The number of aromatic nitrogens is 2. The molecule has 0 unspecified atom stereocenters. The first kappa shape index (κ1) is 24.8. The van der Waals surface area contributed by atoms with Crippen molar-refractivity contribution in [3.63, 3.8) is 0 Å². The van der Waals surface area contributed by atoms with E-state index < -0.39 is 72.4 Å². The van der Waals surface area contributed by atoms with Gasteiger partial charge in [-0.15, -0.1) is 0 Å². The Bertz CT molecular complexity index is 1010. The summed E-state index contributed by atoms with van der Waals surface area (Å²) >= 11 is 0. The molecule has 1 aliphatic rings. The van der Waals surface area contributed by atoms with E-state index in [0.29, 0.717) is 0 Å². The summed E-state index contributed by atoms with van der Waals surface area (Å²) in [7, 11) is 0. The molecule has 0 radical (unpaired) electrons. The van der Waals surface area contributed by atoms with Crippen LogP contribution in [-0.2, 0) is 42.9 Å². The third kappa shape index (κ3) is 6.03. The minimum absolute atomic E-state index is 0.137. The Balaban J connectivity index is 2.65. The van der Waals surface area contributed by atoms with Crippen molar-refractivity contribution in [2.24, 2.45) is 0 Å². The lowest BCUT2D eigenvalue weighted by molar-refractivity contribution is -0.269. The van der Waals surface area contributed by atoms with Crippen LogP contribution in [0.3, 0.4) is 0 Å². The number of aryl methyl sites for hydroxylation is 1. The van der Waals surface area contributed by atoms with Gasteiger partial charge in [0.1, 0.15) is 12.7 Å². The van der Waals surface area contributed by atoms with Crippen molar-refractivity contribution in [2.75, 3.05) is 6.61 Å². The zero-order chi connectivity index (χ0) is 24.2. The standard InChI is InChI=1S/C19H24N2O11/c1-8-6-21(19(27)20-17(8)26)18-16(31-12(5)25)15(30-11(4)24)14(29-10(3)23)13(32-18)7-28-9(2)22/h6,13-16,18H,7H2,1-5H3,(H,20,26,27)/t13-,14-,15+,16+,18+/m1/s1. The zero-order valence-electron chi connectivity index (χ0n) is 18.1. The van der Waals surface area contributed by atoms with Gasteiger partial charge in [0.25, 0.3) is 5.56 Å². The second-order valence-corrected chi connectivity index (χ2v) is 7.07. The van der Waals surface area contributed by atoms with Gasteiger partial charge in [0.2, 0.25) is 0 Å². The molecule has 176 valence electrons. The molecule has 0 aliphatic carbocycles. The minimum Gasteiger partial charge on any atom is -0.463 e. The number of nitrogens with one attached hydrogen (secondary N) is 1. The van der Waals surface area contributed by atoms with Crippen molar-refractivity contribution in [3.8, 4) is 0 Å². The van der Waals surface area contributed by atoms with E-state index in [-0.39, 0.29) is 5.56 Å². The first-order valence-corrected chi connectivity index (χ1v) is 9.53. The molecule has 1 aliphatic heterocycles. The van der Waals surface area contributed by atoms with Crippen LogP contribution in [0, 0.1) is 6.92 Å². The fourth-order valence-corrected chi connectivity index (χ4v) is 3.20. The molecule has 0 spiro atoms. The molecule has 2 heterocycles. The molecule has 1 saturated heterocycles. The van der Waals surface area contributed by atoms with E-state index in [2.05, 4.69) is 4.98 Å². The highest BCUT2D eigenvalue weighted by Crippen LogP contribution is 2.34. The average molecular weight is 456 g/mol. The fraction of sp³-hybridized carbons (Fsp3) is 0.579. The van der Waals surface area contributed by atoms with Gasteiger partial charge in [-0.25, -0.2) is 4.79 Å². The van der Waals surface area contributed by atoms with Gasteiger partial charge in [0.05, 0.1) is 0 Å². The molecule has 0 bridgehead atoms. The smallest absolute Gasteiger partial charge is 0.330 e. The van der Waals surface area contributed by atoms with E-state index in [4.69, 9.17) is 23.7 Å². The quantitative estimate of drug-likeness (QED) is 0.416. The predicted octanol–water partition coefficient (Wildman–Crippen LogP) is -0.899. The van der Waals surface area contributed by atoms with Gasteiger partial charge in [-0.2, -0.15) is 0 Å². The van der Waals surface area contributed by atoms with Gasteiger partial charge in [-0.3, -0.25) is 33.5 Å². The van der Waals surface area contributed by atoms with Gasteiger partial charge in [0.15, 0.2) is 24.5 Å². The highest BCUT2D eigenvalue weighted by molar-refractivity contribution is 5.68. The fourth-order valence-electron chi connectivity index (χ4n) is 3.20. The van der Waals surface area contributed by atoms with E-state index in [9.17, 15) is 28.8 Å². The summed E-state index contributed by atoms with van der Waals surface area (Å²) in [5.41, 5.74) is -1.41. The summed E-state index contributed by atoms with van der Waals surface area (Å²) in [6.07, 6.45) is -5.73. The molecule has 1 fully saturated rings. The van der Waals surface area contributed by atoms with Crippen molar-refractivity contribution in [1.29, 1.82) is 0 Å². The lowest BCUT2D eigenvalue weighted by Crippen LogP contribution is -2.61. The maximum absolute atomic E-state index is 12.5. The van der Waals surface area contributed by atoms with Crippen molar-refractivity contribution < 1.29 is 42.9 Å². The molecule has 1 aromatic rings. The Morgan fingerprint density at radius 2 is 1.44 bits per heavy atom. The van der Waals surface area contributed by atoms with Crippen LogP contribution < -0.4 is 11.2 Å². The van der Waals surface area contributed by atoms with Crippen LogP contribution in [0.25, 0.3) is 0 Å². The topological polar surface area (TPSA) is 169 Å². The van der Waals surface area contributed by atoms with E-state index in [0.717, 1.165) is 32.3 Å². The maximum atomic E-state index is 12.5. The number of carbonyl (C=O) groups excluding carboxylic acids is 4. The SMILES string of the molecule is CC(=O)OC[C@H]1O[C@H](n2cc(C)c(=O)[nH]c2=O)[C@@H](OC(C)=O)[C@@H](OC(C)=O)[C@@H]1OC(C)=O. The number of hydrogen-bond acceptors (Lipinski definition) is 11. The van der Waals surface area contributed by atoms with Crippen molar-refractivity contribution in [2.45, 2.75) is 65.3 Å². The summed E-state index contributed by atoms with van der Waals surface area (Å²) in [5, 5.41) is 0. The zero-order valence-corrected chi connectivity index (χ0v) is 18.1. The molecule has 0 amide bonds. The lowest BCUT2D eigenvalue weighted by atomic mass is 9.97. The van der Waals surface area contributed by atoms with Gasteiger partial charge < -0.3 is 23.7 Å². The highest BCUT2D eigenvalue weighted by atomic mass is 16.7. The number of rotatable bonds is 6. The first-order valence-electron chi connectivity index (χ1n) is 9.53. The monoisotopic (exact) mass is 456 g/mol. The Kier molecular flexibility index (Phi) is 7.92. The number of carbonyl (C=O) groups is 4. The number of ether oxygens (including phenoxy) is 5. The van der Waals surface area contributed by atoms with Crippen LogP contribution in [-0.4, -0.2) is 64.5 Å². The van der Waals surface area contributed by atoms with E-state index in [1.165, 1.54) is 13.1 Å². The molecule has 13 heteroatoms. The second-order valence-electron chi connectivity index (χ2n) is 7.07. The normalized spacial score (nSPS) is 24.8. The molecule has 32 heavy (non-hydrogen) atoms. The summed E-state index contributed by atoms with van der Waals surface area (Å²) in [4.78, 5) is 73.0. The number of esters is 4. The van der Waals surface area contributed by atoms with Gasteiger partial charge >= 0.3 is 29.6 Å². The molecule has 13 nitrogen and oxygen atoms in total. The molecule has 1 aromatic heterocycles. The van der Waals surface area contributed by atoms with Crippen LogP contribution in [0.1, 0.15) is 39.5 Å². The van der Waals surface area contributed by atoms with Crippen molar-refractivity contribution >= 4 is 23.9 Å².